The zero-order chi connectivity index (χ0) is 10.6. The van der Waals surface area contributed by atoms with Crippen molar-refractivity contribution in [3.63, 3.8) is 0 Å². The van der Waals surface area contributed by atoms with E-state index >= 15 is 0 Å². The van der Waals surface area contributed by atoms with Gasteiger partial charge in [0.15, 0.2) is 0 Å². The molecule has 0 radical (unpaired) electrons. The van der Waals surface area contributed by atoms with Crippen LogP contribution in [0.1, 0.15) is 46.0 Å². The van der Waals surface area contributed by atoms with Crippen LogP contribution in [0.3, 0.4) is 0 Å². The fourth-order valence-corrected chi connectivity index (χ4v) is 2.74. The Bertz CT molecular complexity index is 208. The molecule has 1 aliphatic carbocycles. The van der Waals surface area contributed by atoms with Crippen molar-refractivity contribution in [2.45, 2.75) is 46.0 Å². The average molecular weight is 196 g/mol. The molecule has 0 heterocycles. The van der Waals surface area contributed by atoms with Gasteiger partial charge in [-0.3, -0.25) is 0 Å². The van der Waals surface area contributed by atoms with E-state index < -0.39 is 0 Å². The van der Waals surface area contributed by atoms with Crippen LogP contribution in [0.4, 0.5) is 0 Å². The third-order valence-corrected chi connectivity index (χ3v) is 3.65. The minimum atomic E-state index is 0.142. The summed E-state index contributed by atoms with van der Waals surface area (Å²) in [5, 5.41) is 0. The van der Waals surface area contributed by atoms with Crippen molar-refractivity contribution in [1.29, 1.82) is 0 Å². The Balaban J connectivity index is 2.59. The maximum absolute atomic E-state index is 10.9. The van der Waals surface area contributed by atoms with Crippen LogP contribution in [0.2, 0.25) is 0 Å². The van der Waals surface area contributed by atoms with Gasteiger partial charge < -0.3 is 9.59 Å². The molecule has 0 aliphatic heterocycles. The Labute approximate surface area is 86.1 Å². The SMILES string of the molecule is CC(C)(CCC=O)C1CCCC1C=O. The van der Waals surface area contributed by atoms with Crippen LogP contribution in [0.15, 0.2) is 0 Å². The summed E-state index contributed by atoms with van der Waals surface area (Å²) in [5.41, 5.74) is 0.142. The second kappa shape index (κ2) is 4.72. The number of carbonyl (C=O) groups excluding carboxylic acids is 2. The summed E-state index contributed by atoms with van der Waals surface area (Å²) in [4.78, 5) is 21.2. The van der Waals surface area contributed by atoms with E-state index in [-0.39, 0.29) is 11.3 Å². The topological polar surface area (TPSA) is 34.1 Å². The normalized spacial score (nSPS) is 27.6. The molecule has 0 aromatic rings. The van der Waals surface area contributed by atoms with E-state index in [1.807, 2.05) is 0 Å². The van der Waals surface area contributed by atoms with Crippen LogP contribution in [-0.2, 0) is 9.59 Å². The lowest BCUT2D eigenvalue weighted by atomic mass is 9.71. The third kappa shape index (κ3) is 2.43. The molecule has 80 valence electrons. The minimum Gasteiger partial charge on any atom is -0.303 e. The maximum Gasteiger partial charge on any atom is 0.123 e. The van der Waals surface area contributed by atoms with Gasteiger partial charge in [-0.2, -0.15) is 0 Å². The second-order valence-electron chi connectivity index (χ2n) is 5.03. The fourth-order valence-electron chi connectivity index (χ4n) is 2.74. The molecular weight excluding hydrogens is 176 g/mol. The molecule has 0 amide bonds. The van der Waals surface area contributed by atoms with E-state index in [9.17, 15) is 9.59 Å². The molecule has 2 atom stereocenters. The van der Waals surface area contributed by atoms with Crippen molar-refractivity contribution in [3.8, 4) is 0 Å². The lowest BCUT2D eigenvalue weighted by Gasteiger charge is -2.33. The highest BCUT2D eigenvalue weighted by molar-refractivity contribution is 5.55. The first kappa shape index (κ1) is 11.4. The standard InChI is InChI=1S/C12H20O2/c1-12(2,7-4-8-13)11-6-3-5-10(11)9-14/h8-11H,3-7H2,1-2H3. The molecule has 1 saturated carbocycles. The number of rotatable bonds is 5. The molecular formula is C12H20O2. The first-order valence-corrected chi connectivity index (χ1v) is 5.51. The van der Waals surface area contributed by atoms with Crippen molar-refractivity contribution >= 4 is 12.6 Å². The predicted octanol–water partition coefficient (Wildman–Crippen LogP) is 2.61. The third-order valence-electron chi connectivity index (χ3n) is 3.65. The predicted molar refractivity (Wildman–Crippen MR) is 56.0 cm³/mol. The van der Waals surface area contributed by atoms with Crippen LogP contribution < -0.4 is 0 Å². The van der Waals surface area contributed by atoms with Crippen molar-refractivity contribution < 1.29 is 9.59 Å². The molecule has 0 spiro atoms. The highest BCUT2D eigenvalue weighted by Gasteiger charge is 2.37. The van der Waals surface area contributed by atoms with Crippen LogP contribution in [0.5, 0.6) is 0 Å². The van der Waals surface area contributed by atoms with Crippen LogP contribution in [0.25, 0.3) is 0 Å². The van der Waals surface area contributed by atoms with Gasteiger partial charge in [-0.25, -0.2) is 0 Å². The molecule has 2 nitrogen and oxygen atoms in total. The zero-order valence-electron chi connectivity index (χ0n) is 9.16. The largest absolute Gasteiger partial charge is 0.303 e. The van der Waals surface area contributed by atoms with E-state index in [0.717, 1.165) is 31.8 Å². The van der Waals surface area contributed by atoms with Gasteiger partial charge >= 0.3 is 0 Å². The molecule has 2 unspecified atom stereocenters. The Morgan fingerprint density at radius 2 is 2.00 bits per heavy atom. The Morgan fingerprint density at radius 3 is 2.57 bits per heavy atom. The highest BCUT2D eigenvalue weighted by Crippen LogP contribution is 2.45. The quantitative estimate of drug-likeness (QED) is 0.633. The highest BCUT2D eigenvalue weighted by atomic mass is 16.1. The molecule has 14 heavy (non-hydrogen) atoms. The number of hydrogen-bond acceptors (Lipinski definition) is 2. The molecule has 1 rings (SSSR count). The van der Waals surface area contributed by atoms with Gasteiger partial charge in [0.25, 0.3) is 0 Å². The van der Waals surface area contributed by atoms with E-state index in [4.69, 9.17) is 0 Å². The first-order chi connectivity index (χ1) is 6.61. The molecule has 0 bridgehead atoms. The number of hydrogen-bond donors (Lipinski definition) is 0. The van der Waals surface area contributed by atoms with E-state index in [2.05, 4.69) is 13.8 Å². The van der Waals surface area contributed by atoms with E-state index in [1.165, 1.54) is 6.42 Å². The summed E-state index contributed by atoms with van der Waals surface area (Å²) in [5.74, 6) is 0.719. The van der Waals surface area contributed by atoms with Crippen molar-refractivity contribution in [1.82, 2.24) is 0 Å². The summed E-state index contributed by atoms with van der Waals surface area (Å²) in [6, 6.07) is 0. The van der Waals surface area contributed by atoms with Crippen LogP contribution >= 0.6 is 0 Å². The van der Waals surface area contributed by atoms with Crippen LogP contribution in [-0.4, -0.2) is 12.6 Å². The lowest BCUT2D eigenvalue weighted by molar-refractivity contribution is -0.113. The van der Waals surface area contributed by atoms with Crippen molar-refractivity contribution in [2.75, 3.05) is 0 Å². The monoisotopic (exact) mass is 196 g/mol. The lowest BCUT2D eigenvalue weighted by Crippen LogP contribution is -2.28. The summed E-state index contributed by atoms with van der Waals surface area (Å²) in [6.45, 7) is 4.37. The molecule has 0 saturated heterocycles. The van der Waals surface area contributed by atoms with E-state index in [1.54, 1.807) is 0 Å². The van der Waals surface area contributed by atoms with Crippen molar-refractivity contribution in [3.05, 3.63) is 0 Å². The van der Waals surface area contributed by atoms with E-state index in [0.29, 0.717) is 12.3 Å². The minimum absolute atomic E-state index is 0.142. The molecule has 0 aromatic heterocycles. The molecule has 1 fully saturated rings. The molecule has 2 heteroatoms. The van der Waals surface area contributed by atoms with Gasteiger partial charge in [-0.15, -0.1) is 0 Å². The molecule has 1 aliphatic rings. The maximum atomic E-state index is 10.9. The smallest absolute Gasteiger partial charge is 0.123 e. The summed E-state index contributed by atoms with van der Waals surface area (Å²) in [6.07, 6.45) is 6.97. The Morgan fingerprint density at radius 1 is 1.29 bits per heavy atom. The number of aldehydes is 2. The average Bonchev–Trinajstić information content (AvgIpc) is 2.63. The second-order valence-corrected chi connectivity index (χ2v) is 5.03. The fraction of sp³-hybridized carbons (Fsp3) is 0.833. The van der Waals surface area contributed by atoms with Gasteiger partial charge in [-0.1, -0.05) is 20.3 Å². The van der Waals surface area contributed by atoms with Gasteiger partial charge in [0, 0.05) is 12.3 Å². The number of carbonyl (C=O) groups is 2. The van der Waals surface area contributed by atoms with Crippen molar-refractivity contribution in [2.24, 2.45) is 17.3 Å². The molecule has 0 N–H and O–H groups in total. The zero-order valence-corrected chi connectivity index (χ0v) is 9.16. The summed E-state index contributed by atoms with van der Waals surface area (Å²) < 4.78 is 0. The van der Waals surface area contributed by atoms with Crippen LogP contribution in [0, 0.1) is 17.3 Å². The van der Waals surface area contributed by atoms with Gasteiger partial charge in [-0.05, 0) is 30.6 Å². The first-order valence-electron chi connectivity index (χ1n) is 5.51. The molecule has 0 aromatic carbocycles. The van der Waals surface area contributed by atoms with Gasteiger partial charge in [0.2, 0.25) is 0 Å². The summed E-state index contributed by atoms with van der Waals surface area (Å²) >= 11 is 0. The summed E-state index contributed by atoms with van der Waals surface area (Å²) in [7, 11) is 0. The Hall–Kier alpha value is -0.660. The van der Waals surface area contributed by atoms with Gasteiger partial charge in [0.1, 0.15) is 12.6 Å². The van der Waals surface area contributed by atoms with Gasteiger partial charge in [0.05, 0.1) is 0 Å². The Kier molecular flexibility index (Phi) is 3.85.